The van der Waals surface area contributed by atoms with Gasteiger partial charge in [0, 0.05) is 31.9 Å². The molecule has 4 nitrogen and oxygen atoms in total. The van der Waals surface area contributed by atoms with Gasteiger partial charge in [0.2, 0.25) is 0 Å². The second-order valence-electron chi connectivity index (χ2n) is 6.54. The van der Waals surface area contributed by atoms with E-state index in [1.165, 1.54) is 12.8 Å². The smallest absolute Gasteiger partial charge is 0.253 e. The predicted octanol–water partition coefficient (Wildman–Crippen LogP) is 3.78. The summed E-state index contributed by atoms with van der Waals surface area (Å²) >= 11 is 1.64. The molecule has 1 N–H and O–H groups in total. The van der Waals surface area contributed by atoms with E-state index in [0.29, 0.717) is 12.1 Å². The Morgan fingerprint density at radius 1 is 1.29 bits per heavy atom. The van der Waals surface area contributed by atoms with Crippen LogP contribution in [0.15, 0.2) is 47.3 Å². The van der Waals surface area contributed by atoms with Crippen molar-refractivity contribution in [2.24, 2.45) is 5.92 Å². The fourth-order valence-electron chi connectivity index (χ4n) is 2.99. The zero-order chi connectivity index (χ0) is 16.5. The maximum absolute atomic E-state index is 12.4. The third kappa shape index (κ3) is 3.17. The summed E-state index contributed by atoms with van der Waals surface area (Å²) in [6.07, 6.45) is 4.62. The Hall–Kier alpha value is -2.27. The summed E-state index contributed by atoms with van der Waals surface area (Å²) in [5.74, 6) is 1.94. The second kappa shape index (κ2) is 6.32. The van der Waals surface area contributed by atoms with E-state index in [1.807, 2.05) is 29.8 Å². The molecule has 0 spiro atoms. The predicted molar refractivity (Wildman–Crippen MR) is 98.9 cm³/mol. The standard InChI is InChI=1S/C19H21N3OS/c1-21(11-14-2-3-14)18-7-6-17-5-4-16(12-22(17)18)19(23)20-10-15-8-9-24-13-15/h4-9,12-14H,2-3,10-11H2,1H3,(H,20,23). The van der Waals surface area contributed by atoms with Crippen LogP contribution in [0.1, 0.15) is 28.8 Å². The molecule has 1 aliphatic rings. The van der Waals surface area contributed by atoms with E-state index in [4.69, 9.17) is 0 Å². The highest BCUT2D eigenvalue weighted by Gasteiger charge is 2.23. The zero-order valence-electron chi connectivity index (χ0n) is 13.7. The van der Waals surface area contributed by atoms with E-state index >= 15 is 0 Å². The minimum atomic E-state index is -0.0346. The van der Waals surface area contributed by atoms with Crippen molar-refractivity contribution >= 4 is 28.6 Å². The minimum Gasteiger partial charge on any atom is -0.361 e. The summed E-state index contributed by atoms with van der Waals surface area (Å²) in [6, 6.07) is 10.2. The summed E-state index contributed by atoms with van der Waals surface area (Å²) in [5.41, 5.74) is 2.94. The summed E-state index contributed by atoms with van der Waals surface area (Å²) < 4.78 is 2.11. The van der Waals surface area contributed by atoms with Crippen LogP contribution in [0.25, 0.3) is 5.52 Å². The number of thiophene rings is 1. The van der Waals surface area contributed by atoms with Crippen LogP contribution in [0.3, 0.4) is 0 Å². The number of nitrogens with one attached hydrogen (secondary N) is 1. The number of amides is 1. The fraction of sp³-hybridized carbons (Fsp3) is 0.316. The van der Waals surface area contributed by atoms with Gasteiger partial charge < -0.3 is 14.6 Å². The number of pyridine rings is 1. The molecular formula is C19H21N3OS. The van der Waals surface area contributed by atoms with Gasteiger partial charge >= 0.3 is 0 Å². The van der Waals surface area contributed by atoms with Gasteiger partial charge in [-0.15, -0.1) is 0 Å². The van der Waals surface area contributed by atoms with Crippen LogP contribution in [0.5, 0.6) is 0 Å². The topological polar surface area (TPSA) is 36.8 Å². The molecule has 0 aliphatic heterocycles. The van der Waals surface area contributed by atoms with Crippen LogP contribution in [-0.4, -0.2) is 23.9 Å². The summed E-state index contributed by atoms with van der Waals surface area (Å²) in [6.45, 7) is 1.65. The van der Waals surface area contributed by atoms with Crippen LogP contribution in [0.4, 0.5) is 5.82 Å². The molecule has 1 aliphatic carbocycles. The Morgan fingerprint density at radius 3 is 2.88 bits per heavy atom. The van der Waals surface area contributed by atoms with Gasteiger partial charge in [-0.05, 0) is 65.4 Å². The molecule has 3 aromatic heterocycles. The first-order valence-electron chi connectivity index (χ1n) is 8.32. The first-order valence-corrected chi connectivity index (χ1v) is 9.26. The molecule has 3 heterocycles. The normalized spacial score (nSPS) is 14.0. The lowest BCUT2D eigenvalue weighted by molar-refractivity contribution is 0.0950. The highest BCUT2D eigenvalue weighted by molar-refractivity contribution is 7.07. The van der Waals surface area contributed by atoms with E-state index in [2.05, 4.69) is 39.2 Å². The van der Waals surface area contributed by atoms with Gasteiger partial charge in [0.15, 0.2) is 0 Å². The molecular weight excluding hydrogens is 318 g/mol. The maximum atomic E-state index is 12.4. The van der Waals surface area contributed by atoms with Crippen LogP contribution in [-0.2, 0) is 6.54 Å². The molecule has 24 heavy (non-hydrogen) atoms. The average Bonchev–Trinajstić information content (AvgIpc) is 3.10. The molecule has 5 heteroatoms. The summed E-state index contributed by atoms with van der Waals surface area (Å²) in [4.78, 5) is 14.7. The van der Waals surface area contributed by atoms with Crippen molar-refractivity contribution in [3.8, 4) is 0 Å². The first-order chi connectivity index (χ1) is 11.7. The minimum absolute atomic E-state index is 0.0346. The van der Waals surface area contributed by atoms with E-state index in [0.717, 1.165) is 29.4 Å². The van der Waals surface area contributed by atoms with Gasteiger partial charge in [0.25, 0.3) is 5.91 Å². The number of carbonyl (C=O) groups excluding carboxylic acids is 1. The molecule has 0 radical (unpaired) electrons. The van der Waals surface area contributed by atoms with E-state index in [9.17, 15) is 4.79 Å². The molecule has 4 rings (SSSR count). The Bertz CT molecular complexity index is 849. The lowest BCUT2D eigenvalue weighted by atomic mass is 10.2. The Labute approximate surface area is 145 Å². The SMILES string of the molecule is CN(CC1CC1)c1ccc2ccc(C(=O)NCc3ccsc3)cn12. The molecule has 0 aromatic carbocycles. The van der Waals surface area contributed by atoms with Gasteiger partial charge in [-0.2, -0.15) is 11.3 Å². The second-order valence-corrected chi connectivity index (χ2v) is 7.32. The molecule has 0 saturated heterocycles. The molecule has 1 fully saturated rings. The molecule has 0 atom stereocenters. The van der Waals surface area contributed by atoms with Crippen molar-refractivity contribution in [1.82, 2.24) is 9.72 Å². The van der Waals surface area contributed by atoms with E-state index < -0.39 is 0 Å². The quantitative estimate of drug-likeness (QED) is 0.742. The van der Waals surface area contributed by atoms with Crippen LogP contribution in [0, 0.1) is 5.92 Å². The van der Waals surface area contributed by atoms with Crippen LogP contribution >= 0.6 is 11.3 Å². The third-order valence-electron chi connectivity index (χ3n) is 4.55. The molecule has 124 valence electrons. The van der Waals surface area contributed by atoms with Gasteiger partial charge in [-0.3, -0.25) is 4.79 Å². The Morgan fingerprint density at radius 2 is 2.12 bits per heavy atom. The zero-order valence-corrected chi connectivity index (χ0v) is 14.6. The van der Waals surface area contributed by atoms with Crippen molar-refractivity contribution < 1.29 is 4.79 Å². The van der Waals surface area contributed by atoms with Crippen LogP contribution in [0.2, 0.25) is 0 Å². The lowest BCUT2D eigenvalue weighted by Crippen LogP contribution is -2.24. The number of hydrogen-bond acceptors (Lipinski definition) is 3. The van der Waals surface area contributed by atoms with Gasteiger partial charge in [0.05, 0.1) is 5.56 Å². The first kappa shape index (κ1) is 15.3. The van der Waals surface area contributed by atoms with Crippen LogP contribution < -0.4 is 10.2 Å². The summed E-state index contributed by atoms with van der Waals surface area (Å²) in [7, 11) is 2.13. The van der Waals surface area contributed by atoms with Crippen molar-refractivity contribution in [2.45, 2.75) is 19.4 Å². The number of fused-ring (bicyclic) bond motifs is 1. The highest BCUT2D eigenvalue weighted by atomic mass is 32.1. The van der Waals surface area contributed by atoms with Gasteiger partial charge in [0.1, 0.15) is 5.82 Å². The van der Waals surface area contributed by atoms with E-state index in [-0.39, 0.29) is 5.91 Å². The van der Waals surface area contributed by atoms with Crippen molar-refractivity contribution in [1.29, 1.82) is 0 Å². The van der Waals surface area contributed by atoms with Crippen molar-refractivity contribution in [3.63, 3.8) is 0 Å². The Balaban J connectivity index is 1.53. The molecule has 1 saturated carbocycles. The van der Waals surface area contributed by atoms with E-state index in [1.54, 1.807) is 11.3 Å². The number of anilines is 1. The Kier molecular flexibility index (Phi) is 4.02. The molecule has 3 aromatic rings. The molecule has 0 unspecified atom stereocenters. The largest absolute Gasteiger partial charge is 0.361 e. The fourth-order valence-corrected chi connectivity index (χ4v) is 3.66. The number of rotatable bonds is 6. The van der Waals surface area contributed by atoms with Gasteiger partial charge in [-0.1, -0.05) is 0 Å². The monoisotopic (exact) mass is 339 g/mol. The average molecular weight is 339 g/mol. The van der Waals surface area contributed by atoms with Gasteiger partial charge in [-0.25, -0.2) is 0 Å². The lowest BCUT2D eigenvalue weighted by Gasteiger charge is -2.19. The number of nitrogens with zero attached hydrogens (tertiary/aromatic N) is 2. The third-order valence-corrected chi connectivity index (χ3v) is 5.28. The molecule has 1 amide bonds. The molecule has 0 bridgehead atoms. The number of carbonyl (C=O) groups is 1. The maximum Gasteiger partial charge on any atom is 0.253 e. The summed E-state index contributed by atoms with van der Waals surface area (Å²) in [5, 5.41) is 7.07. The highest BCUT2D eigenvalue weighted by Crippen LogP contribution is 2.31. The van der Waals surface area contributed by atoms with Crippen molar-refractivity contribution in [2.75, 3.05) is 18.5 Å². The number of aromatic nitrogens is 1. The van der Waals surface area contributed by atoms with Crippen molar-refractivity contribution in [3.05, 3.63) is 58.4 Å². The number of hydrogen-bond donors (Lipinski definition) is 1.